The monoisotopic (exact) mass is 202 g/mol. The van der Waals surface area contributed by atoms with E-state index >= 15 is 0 Å². The molecule has 1 heterocycles. The Kier molecular flexibility index (Phi) is 4.28. The minimum Gasteiger partial charge on any atom is -0.448 e. The van der Waals surface area contributed by atoms with E-state index in [9.17, 15) is 0 Å². The van der Waals surface area contributed by atoms with E-state index in [-0.39, 0.29) is 6.04 Å². The van der Waals surface area contributed by atoms with Crippen LogP contribution in [0.2, 0.25) is 5.22 Å². The summed E-state index contributed by atoms with van der Waals surface area (Å²) in [5.41, 5.74) is 11.2. The second kappa shape index (κ2) is 5.27. The van der Waals surface area contributed by atoms with Crippen LogP contribution in [-0.4, -0.2) is 6.54 Å². The number of hydrogen-bond donors (Lipinski definition) is 2. The third-order valence-corrected chi connectivity index (χ3v) is 2.13. The Morgan fingerprint density at radius 3 is 2.69 bits per heavy atom. The van der Waals surface area contributed by atoms with E-state index in [1.54, 1.807) is 6.07 Å². The van der Waals surface area contributed by atoms with Crippen LogP contribution in [0, 0.1) is 0 Å². The van der Waals surface area contributed by atoms with Crippen LogP contribution < -0.4 is 11.5 Å². The smallest absolute Gasteiger partial charge is 0.193 e. The molecule has 0 aliphatic rings. The molecule has 0 amide bonds. The van der Waals surface area contributed by atoms with Gasteiger partial charge in [-0.1, -0.05) is 6.42 Å². The summed E-state index contributed by atoms with van der Waals surface area (Å²) < 4.78 is 5.19. The molecule has 0 saturated heterocycles. The zero-order valence-electron chi connectivity index (χ0n) is 7.50. The molecule has 1 aromatic rings. The highest BCUT2D eigenvalue weighted by atomic mass is 35.5. The summed E-state index contributed by atoms with van der Waals surface area (Å²) in [5.74, 6) is 0.752. The van der Waals surface area contributed by atoms with Gasteiger partial charge in [-0.2, -0.15) is 0 Å². The summed E-state index contributed by atoms with van der Waals surface area (Å²) in [6.45, 7) is 0.714. The van der Waals surface area contributed by atoms with E-state index in [2.05, 4.69) is 0 Å². The topological polar surface area (TPSA) is 65.2 Å². The van der Waals surface area contributed by atoms with Crippen molar-refractivity contribution in [3.05, 3.63) is 23.1 Å². The lowest BCUT2D eigenvalue weighted by Crippen LogP contribution is -2.10. The van der Waals surface area contributed by atoms with Crippen molar-refractivity contribution in [3.63, 3.8) is 0 Å². The van der Waals surface area contributed by atoms with Crippen molar-refractivity contribution in [2.75, 3.05) is 6.54 Å². The molecule has 13 heavy (non-hydrogen) atoms. The van der Waals surface area contributed by atoms with Gasteiger partial charge in [-0.25, -0.2) is 0 Å². The van der Waals surface area contributed by atoms with E-state index in [0.717, 1.165) is 25.0 Å². The molecule has 3 nitrogen and oxygen atoms in total. The lowest BCUT2D eigenvalue weighted by molar-refractivity contribution is 0.444. The summed E-state index contributed by atoms with van der Waals surface area (Å²) >= 11 is 5.62. The molecule has 0 aliphatic carbocycles. The predicted octanol–water partition coefficient (Wildman–Crippen LogP) is 2.06. The lowest BCUT2D eigenvalue weighted by Gasteiger charge is -2.07. The number of nitrogens with two attached hydrogens (primary N) is 2. The molecule has 4 heteroatoms. The molecule has 0 fully saturated rings. The first-order valence-corrected chi connectivity index (χ1v) is 4.82. The maximum absolute atomic E-state index is 5.86. The molecule has 0 unspecified atom stereocenters. The summed E-state index contributed by atoms with van der Waals surface area (Å²) in [6, 6.07) is 3.47. The van der Waals surface area contributed by atoms with E-state index in [0.29, 0.717) is 11.8 Å². The summed E-state index contributed by atoms with van der Waals surface area (Å²) in [5, 5.41) is 0.393. The third kappa shape index (κ3) is 3.38. The molecule has 0 spiro atoms. The van der Waals surface area contributed by atoms with Crippen LogP contribution in [0.1, 0.15) is 31.1 Å². The molecule has 74 valence electrons. The molecule has 0 aliphatic heterocycles. The fourth-order valence-electron chi connectivity index (χ4n) is 1.18. The van der Waals surface area contributed by atoms with Crippen LogP contribution in [-0.2, 0) is 0 Å². The summed E-state index contributed by atoms with van der Waals surface area (Å²) in [7, 11) is 0. The highest BCUT2D eigenvalue weighted by molar-refractivity contribution is 6.28. The minimum absolute atomic E-state index is 0.0564. The van der Waals surface area contributed by atoms with Crippen LogP contribution in [0.3, 0.4) is 0 Å². The predicted molar refractivity (Wildman–Crippen MR) is 53.6 cm³/mol. The average molecular weight is 203 g/mol. The van der Waals surface area contributed by atoms with Gasteiger partial charge in [0, 0.05) is 0 Å². The number of rotatable bonds is 5. The Morgan fingerprint density at radius 2 is 2.15 bits per heavy atom. The highest BCUT2D eigenvalue weighted by Gasteiger charge is 2.09. The standard InChI is InChI=1S/C9H15ClN2O/c10-9-5-4-8(13-9)7(12)3-1-2-6-11/h4-5,7H,1-3,6,11-12H2/t7-/m0/s1. The SMILES string of the molecule is NCCCC[C@H](N)c1ccc(Cl)o1. The first kappa shape index (κ1) is 10.6. The fraction of sp³-hybridized carbons (Fsp3) is 0.556. The van der Waals surface area contributed by atoms with Crippen molar-refractivity contribution in [2.24, 2.45) is 11.5 Å². The molecule has 4 N–H and O–H groups in total. The van der Waals surface area contributed by atoms with Crippen LogP contribution in [0.4, 0.5) is 0 Å². The van der Waals surface area contributed by atoms with Crippen molar-refractivity contribution >= 4 is 11.6 Å². The van der Waals surface area contributed by atoms with Gasteiger partial charge < -0.3 is 15.9 Å². The molecule has 1 atom stereocenters. The van der Waals surface area contributed by atoms with Gasteiger partial charge in [-0.3, -0.25) is 0 Å². The Morgan fingerprint density at radius 1 is 1.38 bits per heavy atom. The van der Waals surface area contributed by atoms with E-state index in [1.807, 2.05) is 6.07 Å². The van der Waals surface area contributed by atoms with Crippen molar-refractivity contribution in [2.45, 2.75) is 25.3 Å². The Balaban J connectivity index is 2.35. The van der Waals surface area contributed by atoms with Gasteiger partial charge in [0.2, 0.25) is 0 Å². The largest absolute Gasteiger partial charge is 0.448 e. The summed E-state index contributed by atoms with van der Waals surface area (Å²) in [4.78, 5) is 0. The van der Waals surface area contributed by atoms with Crippen molar-refractivity contribution in [3.8, 4) is 0 Å². The quantitative estimate of drug-likeness (QED) is 0.719. The zero-order chi connectivity index (χ0) is 9.68. The minimum atomic E-state index is -0.0564. The second-order valence-corrected chi connectivity index (χ2v) is 3.41. The molecule has 0 bridgehead atoms. The van der Waals surface area contributed by atoms with E-state index in [4.69, 9.17) is 27.5 Å². The number of halogens is 1. The van der Waals surface area contributed by atoms with Crippen LogP contribution in [0.25, 0.3) is 0 Å². The Hall–Kier alpha value is -0.510. The van der Waals surface area contributed by atoms with Gasteiger partial charge >= 0.3 is 0 Å². The normalized spacial score (nSPS) is 13.2. The van der Waals surface area contributed by atoms with E-state index < -0.39 is 0 Å². The van der Waals surface area contributed by atoms with Gasteiger partial charge in [0.05, 0.1) is 6.04 Å². The molecular formula is C9H15ClN2O. The first-order chi connectivity index (χ1) is 6.24. The van der Waals surface area contributed by atoms with Crippen LogP contribution in [0.5, 0.6) is 0 Å². The van der Waals surface area contributed by atoms with Gasteiger partial charge in [0.1, 0.15) is 5.76 Å². The molecule has 1 rings (SSSR count). The van der Waals surface area contributed by atoms with Gasteiger partial charge in [0.25, 0.3) is 0 Å². The maximum atomic E-state index is 5.86. The maximum Gasteiger partial charge on any atom is 0.193 e. The first-order valence-electron chi connectivity index (χ1n) is 4.45. The second-order valence-electron chi connectivity index (χ2n) is 3.03. The van der Waals surface area contributed by atoms with Gasteiger partial charge in [-0.05, 0) is 43.1 Å². The number of furan rings is 1. The van der Waals surface area contributed by atoms with Crippen molar-refractivity contribution < 1.29 is 4.42 Å². The summed E-state index contributed by atoms with van der Waals surface area (Å²) in [6.07, 6.45) is 2.92. The van der Waals surface area contributed by atoms with Gasteiger partial charge in [0.15, 0.2) is 5.22 Å². The zero-order valence-corrected chi connectivity index (χ0v) is 8.26. The Labute approximate surface area is 83.0 Å². The van der Waals surface area contributed by atoms with Gasteiger partial charge in [-0.15, -0.1) is 0 Å². The van der Waals surface area contributed by atoms with Crippen LogP contribution >= 0.6 is 11.6 Å². The average Bonchev–Trinajstić information content (AvgIpc) is 2.52. The molecule has 0 aromatic carbocycles. The molecular weight excluding hydrogens is 188 g/mol. The fourth-order valence-corrected chi connectivity index (χ4v) is 1.33. The van der Waals surface area contributed by atoms with Crippen LogP contribution in [0.15, 0.2) is 16.5 Å². The van der Waals surface area contributed by atoms with E-state index in [1.165, 1.54) is 0 Å². The molecule has 0 saturated carbocycles. The van der Waals surface area contributed by atoms with Crippen molar-refractivity contribution in [1.29, 1.82) is 0 Å². The number of hydrogen-bond acceptors (Lipinski definition) is 3. The third-order valence-electron chi connectivity index (χ3n) is 1.93. The molecule has 0 radical (unpaired) electrons. The molecule has 1 aromatic heterocycles. The highest BCUT2D eigenvalue weighted by Crippen LogP contribution is 2.21. The van der Waals surface area contributed by atoms with Crippen molar-refractivity contribution in [1.82, 2.24) is 0 Å². The lowest BCUT2D eigenvalue weighted by atomic mass is 10.1. The Bertz CT molecular complexity index is 250. The number of unbranched alkanes of at least 4 members (excludes halogenated alkanes) is 1.